The van der Waals surface area contributed by atoms with Crippen LogP contribution in [0.4, 0.5) is 5.69 Å². The monoisotopic (exact) mass is 483 g/mol. The van der Waals surface area contributed by atoms with Crippen LogP contribution in [0.25, 0.3) is 0 Å². The highest BCUT2D eigenvalue weighted by Gasteiger charge is 2.33. The summed E-state index contributed by atoms with van der Waals surface area (Å²) in [5.41, 5.74) is 0.527. The van der Waals surface area contributed by atoms with Gasteiger partial charge in [0.05, 0.1) is 4.90 Å². The number of carbonyl (C=O) groups excluding carboxylic acids is 1. The van der Waals surface area contributed by atoms with Crippen molar-refractivity contribution in [1.29, 1.82) is 0 Å². The fraction of sp³-hybridized carbons (Fsp3) is 0.450. The summed E-state index contributed by atoms with van der Waals surface area (Å²) in [6.45, 7) is 1.68. The molecule has 2 aliphatic rings. The van der Waals surface area contributed by atoms with Crippen LogP contribution in [0, 0.1) is 5.92 Å². The fourth-order valence-electron chi connectivity index (χ4n) is 3.93. The molecule has 168 valence electrons. The molecule has 2 aliphatic heterocycles. The highest BCUT2D eigenvalue weighted by Crippen LogP contribution is 2.27. The van der Waals surface area contributed by atoms with Gasteiger partial charge in [-0.3, -0.25) is 4.79 Å². The Bertz CT molecular complexity index is 1120. The van der Waals surface area contributed by atoms with Crippen molar-refractivity contribution < 1.29 is 21.6 Å². The van der Waals surface area contributed by atoms with Crippen LogP contribution in [0.1, 0.15) is 25.7 Å². The van der Waals surface area contributed by atoms with Crippen molar-refractivity contribution in [1.82, 2.24) is 8.61 Å². The molecule has 2 saturated heterocycles. The standard InChI is InChI=1S/C20H25N3O5S3/c24-20(16-9-13-23(14-10-16)31(27,28)19-4-3-15-29-19)21-17-5-7-18(8-6-17)30(25,26)22-11-1-2-12-22/h3-8,15-16H,1-2,9-14H2,(H,21,24). The second-order valence-electron chi connectivity index (χ2n) is 7.74. The van der Waals surface area contributed by atoms with Gasteiger partial charge in [0.25, 0.3) is 10.0 Å². The predicted octanol–water partition coefficient (Wildman–Crippen LogP) is 2.57. The van der Waals surface area contributed by atoms with Crippen molar-refractivity contribution in [2.24, 2.45) is 5.92 Å². The van der Waals surface area contributed by atoms with Crippen molar-refractivity contribution >= 4 is 43.0 Å². The van der Waals surface area contributed by atoms with E-state index < -0.39 is 20.0 Å². The smallest absolute Gasteiger partial charge is 0.252 e. The molecule has 0 bridgehead atoms. The SMILES string of the molecule is O=C(Nc1ccc(S(=O)(=O)N2CCCC2)cc1)C1CCN(S(=O)(=O)c2cccs2)CC1. The Morgan fingerprint density at radius 3 is 2.06 bits per heavy atom. The number of nitrogens with zero attached hydrogens (tertiary/aromatic N) is 2. The third-order valence-corrected chi connectivity index (χ3v) is 10.9. The average Bonchev–Trinajstić information content (AvgIpc) is 3.49. The van der Waals surface area contributed by atoms with Crippen LogP contribution >= 0.6 is 11.3 Å². The van der Waals surface area contributed by atoms with Crippen LogP contribution < -0.4 is 5.32 Å². The summed E-state index contributed by atoms with van der Waals surface area (Å²) in [7, 11) is -6.98. The Hall–Kier alpha value is -1.79. The van der Waals surface area contributed by atoms with Crippen LogP contribution in [0.3, 0.4) is 0 Å². The summed E-state index contributed by atoms with van der Waals surface area (Å²) in [5.74, 6) is -0.467. The number of nitrogens with one attached hydrogen (secondary N) is 1. The van der Waals surface area contributed by atoms with Gasteiger partial charge in [0.15, 0.2) is 0 Å². The first-order valence-electron chi connectivity index (χ1n) is 10.2. The molecule has 11 heteroatoms. The summed E-state index contributed by atoms with van der Waals surface area (Å²) in [6.07, 6.45) is 2.64. The minimum Gasteiger partial charge on any atom is -0.326 e. The molecule has 8 nitrogen and oxygen atoms in total. The van der Waals surface area contributed by atoms with E-state index in [1.54, 1.807) is 29.6 Å². The van der Waals surface area contributed by atoms with Crippen LogP contribution in [0.5, 0.6) is 0 Å². The van der Waals surface area contributed by atoms with E-state index in [0.29, 0.717) is 48.9 Å². The van der Waals surface area contributed by atoms with Crippen LogP contribution in [0.2, 0.25) is 0 Å². The molecule has 1 N–H and O–H groups in total. The Morgan fingerprint density at radius 2 is 1.48 bits per heavy atom. The first kappa shape index (κ1) is 22.4. The van der Waals surface area contributed by atoms with Crippen LogP contribution in [0.15, 0.2) is 50.9 Å². The number of benzene rings is 1. The molecule has 2 aromatic rings. The van der Waals surface area contributed by atoms with Gasteiger partial charge in [0.1, 0.15) is 4.21 Å². The maximum atomic E-state index is 12.6. The van der Waals surface area contributed by atoms with Gasteiger partial charge in [0, 0.05) is 37.8 Å². The lowest BCUT2D eigenvalue weighted by atomic mass is 9.97. The number of carbonyl (C=O) groups is 1. The van der Waals surface area contributed by atoms with E-state index in [0.717, 1.165) is 12.8 Å². The number of sulfonamides is 2. The Kier molecular flexibility index (Phi) is 6.50. The van der Waals surface area contributed by atoms with Crippen molar-refractivity contribution in [3.05, 3.63) is 41.8 Å². The fourth-order valence-corrected chi connectivity index (χ4v) is 8.06. The van der Waals surface area contributed by atoms with Gasteiger partial charge in [-0.05, 0) is 61.4 Å². The second kappa shape index (κ2) is 8.99. The van der Waals surface area contributed by atoms with Gasteiger partial charge in [-0.1, -0.05) is 6.07 Å². The summed E-state index contributed by atoms with van der Waals surface area (Å²) in [6, 6.07) is 9.51. The number of anilines is 1. The maximum Gasteiger partial charge on any atom is 0.252 e. The third-order valence-electron chi connectivity index (χ3n) is 5.74. The van der Waals surface area contributed by atoms with Crippen molar-refractivity contribution in [3.8, 4) is 0 Å². The first-order valence-corrected chi connectivity index (χ1v) is 14.0. The average molecular weight is 484 g/mol. The zero-order valence-electron chi connectivity index (χ0n) is 16.9. The van der Waals surface area contributed by atoms with E-state index in [1.165, 1.54) is 32.1 Å². The predicted molar refractivity (Wildman–Crippen MR) is 119 cm³/mol. The van der Waals surface area contributed by atoms with Crippen LogP contribution in [-0.2, 0) is 24.8 Å². The molecule has 0 atom stereocenters. The highest BCUT2D eigenvalue weighted by molar-refractivity contribution is 7.91. The van der Waals surface area contributed by atoms with Gasteiger partial charge in [0.2, 0.25) is 15.9 Å². The van der Waals surface area contributed by atoms with Gasteiger partial charge < -0.3 is 5.32 Å². The minimum absolute atomic E-state index is 0.177. The lowest BCUT2D eigenvalue weighted by Crippen LogP contribution is -2.41. The zero-order valence-corrected chi connectivity index (χ0v) is 19.4. The van der Waals surface area contributed by atoms with Gasteiger partial charge in [-0.2, -0.15) is 8.61 Å². The normalized spacial score (nSPS) is 19.5. The summed E-state index contributed by atoms with van der Waals surface area (Å²) < 4.78 is 53.6. The third kappa shape index (κ3) is 4.70. The van der Waals surface area contributed by atoms with Crippen molar-refractivity contribution in [3.63, 3.8) is 0 Å². The lowest BCUT2D eigenvalue weighted by Gasteiger charge is -2.30. The van der Waals surface area contributed by atoms with Gasteiger partial charge in [-0.25, -0.2) is 16.8 Å². The number of amides is 1. The summed E-state index contributed by atoms with van der Waals surface area (Å²) in [5, 5.41) is 4.56. The molecule has 1 aromatic heterocycles. The van der Waals surface area contributed by atoms with Crippen molar-refractivity contribution in [2.45, 2.75) is 34.8 Å². The molecule has 1 amide bonds. The largest absolute Gasteiger partial charge is 0.326 e. The minimum atomic E-state index is -3.49. The molecule has 1 aromatic carbocycles. The van der Waals surface area contributed by atoms with Crippen LogP contribution in [-0.4, -0.2) is 57.5 Å². The van der Waals surface area contributed by atoms with E-state index in [9.17, 15) is 21.6 Å². The Labute approximate surface area is 187 Å². The highest BCUT2D eigenvalue weighted by atomic mass is 32.2. The molecule has 0 unspecified atom stereocenters. The molecule has 0 radical (unpaired) electrons. The molecule has 3 heterocycles. The molecule has 0 spiro atoms. The number of piperidine rings is 1. The van der Waals surface area contributed by atoms with E-state index in [2.05, 4.69) is 5.32 Å². The van der Waals surface area contributed by atoms with E-state index >= 15 is 0 Å². The molecule has 2 fully saturated rings. The summed E-state index contributed by atoms with van der Waals surface area (Å²) >= 11 is 1.19. The van der Waals surface area contributed by atoms with E-state index in [1.807, 2.05) is 0 Å². The lowest BCUT2D eigenvalue weighted by molar-refractivity contribution is -0.120. The summed E-state index contributed by atoms with van der Waals surface area (Å²) in [4.78, 5) is 12.9. The second-order valence-corrected chi connectivity index (χ2v) is 12.8. The van der Waals surface area contributed by atoms with Gasteiger partial charge >= 0.3 is 0 Å². The van der Waals surface area contributed by atoms with E-state index in [4.69, 9.17) is 0 Å². The Balaban J connectivity index is 1.34. The number of thiophene rings is 1. The van der Waals surface area contributed by atoms with Crippen molar-refractivity contribution in [2.75, 3.05) is 31.5 Å². The molecule has 4 rings (SSSR count). The number of rotatable bonds is 6. The molecule has 0 aliphatic carbocycles. The number of hydrogen-bond acceptors (Lipinski definition) is 6. The van der Waals surface area contributed by atoms with Gasteiger partial charge in [-0.15, -0.1) is 11.3 Å². The molecular weight excluding hydrogens is 458 g/mol. The maximum absolute atomic E-state index is 12.6. The van der Waals surface area contributed by atoms with E-state index in [-0.39, 0.29) is 16.7 Å². The zero-order chi connectivity index (χ0) is 22.1. The first-order chi connectivity index (χ1) is 14.8. The molecule has 31 heavy (non-hydrogen) atoms. The number of hydrogen-bond donors (Lipinski definition) is 1. The topological polar surface area (TPSA) is 104 Å². The molecule has 0 saturated carbocycles. The quantitative estimate of drug-likeness (QED) is 0.680. The molecular formula is C20H25N3O5S3. The Morgan fingerprint density at radius 1 is 0.871 bits per heavy atom.